The average molecular weight is 335 g/mol. The highest BCUT2D eigenvalue weighted by Crippen LogP contribution is 2.24. The number of carbonyl (C=O) groups is 2. The lowest BCUT2D eigenvalue weighted by Gasteiger charge is -2.34. The third-order valence-electron chi connectivity index (χ3n) is 4.39. The molecule has 2 saturated heterocycles. The number of benzene rings is 1. The lowest BCUT2D eigenvalue weighted by Crippen LogP contribution is -2.55. The summed E-state index contributed by atoms with van der Waals surface area (Å²) in [6.07, 6.45) is 2.07. The van der Waals surface area contributed by atoms with E-state index in [1.54, 1.807) is 23.1 Å². The Kier molecular flexibility index (Phi) is 5.30. The molecule has 0 spiro atoms. The second-order valence-electron chi connectivity index (χ2n) is 6.04. The molecule has 130 valence electrons. The van der Waals surface area contributed by atoms with Gasteiger partial charge < -0.3 is 19.9 Å². The van der Waals surface area contributed by atoms with Gasteiger partial charge in [-0.25, -0.2) is 9.18 Å². The second-order valence-corrected chi connectivity index (χ2v) is 6.04. The number of anilines is 1. The minimum absolute atomic E-state index is 0.255. The zero-order valence-corrected chi connectivity index (χ0v) is 13.5. The van der Waals surface area contributed by atoms with Crippen LogP contribution >= 0.6 is 0 Å². The molecule has 1 unspecified atom stereocenters. The Labute approximate surface area is 140 Å². The Morgan fingerprint density at radius 1 is 1.17 bits per heavy atom. The molecule has 0 radical (unpaired) electrons. The number of amides is 3. The summed E-state index contributed by atoms with van der Waals surface area (Å²) in [5.74, 6) is -0.687. The largest absolute Gasteiger partial charge is 0.380 e. The van der Waals surface area contributed by atoms with Gasteiger partial charge in [-0.05, 0) is 31.4 Å². The van der Waals surface area contributed by atoms with Crippen molar-refractivity contribution in [3.8, 4) is 0 Å². The Morgan fingerprint density at radius 3 is 2.83 bits per heavy atom. The highest BCUT2D eigenvalue weighted by atomic mass is 19.1. The van der Waals surface area contributed by atoms with Crippen LogP contribution in [0.4, 0.5) is 14.9 Å². The van der Waals surface area contributed by atoms with Crippen LogP contribution in [0.5, 0.6) is 0 Å². The van der Waals surface area contributed by atoms with E-state index < -0.39 is 11.9 Å². The van der Waals surface area contributed by atoms with E-state index in [4.69, 9.17) is 4.74 Å². The lowest BCUT2D eigenvalue weighted by atomic mass is 10.0. The Bertz CT molecular complexity index is 602. The number of rotatable bonds is 2. The highest BCUT2D eigenvalue weighted by molar-refractivity contribution is 5.99. The Balaban J connectivity index is 1.66. The first-order valence-electron chi connectivity index (χ1n) is 8.36. The van der Waals surface area contributed by atoms with E-state index in [1.165, 1.54) is 11.0 Å². The molecule has 0 aromatic heterocycles. The fourth-order valence-corrected chi connectivity index (χ4v) is 3.11. The predicted molar refractivity (Wildman–Crippen MR) is 87.3 cm³/mol. The maximum absolute atomic E-state index is 14.0. The number of para-hydroxylation sites is 1. The number of halogens is 1. The molecule has 1 N–H and O–H groups in total. The van der Waals surface area contributed by atoms with Crippen LogP contribution in [0.25, 0.3) is 0 Å². The summed E-state index contributed by atoms with van der Waals surface area (Å²) < 4.78 is 19.3. The molecule has 1 aromatic carbocycles. The SMILES string of the molecule is O=C(NC1CCCN(c2ccccc2F)C1=O)N1CCCOCC1. The molecule has 0 saturated carbocycles. The number of ether oxygens (including phenoxy) is 1. The summed E-state index contributed by atoms with van der Waals surface area (Å²) in [6, 6.07) is 5.34. The van der Waals surface area contributed by atoms with Crippen LogP contribution in [0.15, 0.2) is 24.3 Å². The second kappa shape index (κ2) is 7.61. The van der Waals surface area contributed by atoms with Gasteiger partial charge >= 0.3 is 6.03 Å². The van der Waals surface area contributed by atoms with E-state index in [9.17, 15) is 14.0 Å². The van der Waals surface area contributed by atoms with Crippen LogP contribution in [0.1, 0.15) is 19.3 Å². The van der Waals surface area contributed by atoms with E-state index in [-0.39, 0.29) is 17.6 Å². The van der Waals surface area contributed by atoms with Gasteiger partial charge in [0.05, 0.1) is 12.3 Å². The van der Waals surface area contributed by atoms with Crippen molar-refractivity contribution in [3.63, 3.8) is 0 Å². The summed E-state index contributed by atoms with van der Waals surface area (Å²) in [5.41, 5.74) is 0.268. The normalized spacial score (nSPS) is 22.2. The van der Waals surface area contributed by atoms with Gasteiger partial charge in [-0.3, -0.25) is 4.79 Å². The molecular weight excluding hydrogens is 313 g/mol. The van der Waals surface area contributed by atoms with Gasteiger partial charge in [0, 0.05) is 26.2 Å². The van der Waals surface area contributed by atoms with Gasteiger partial charge in [-0.1, -0.05) is 12.1 Å². The maximum Gasteiger partial charge on any atom is 0.318 e. The van der Waals surface area contributed by atoms with E-state index in [1.807, 2.05) is 0 Å². The lowest BCUT2D eigenvalue weighted by molar-refractivity contribution is -0.121. The van der Waals surface area contributed by atoms with Crippen LogP contribution in [0, 0.1) is 5.82 Å². The van der Waals surface area contributed by atoms with Crippen LogP contribution < -0.4 is 10.2 Å². The molecule has 0 bridgehead atoms. The third-order valence-corrected chi connectivity index (χ3v) is 4.39. The van der Waals surface area contributed by atoms with Crippen molar-refractivity contribution >= 4 is 17.6 Å². The predicted octanol–water partition coefficient (Wildman–Crippen LogP) is 1.75. The van der Waals surface area contributed by atoms with Crippen LogP contribution in [-0.4, -0.2) is 55.7 Å². The first-order chi connectivity index (χ1) is 11.7. The monoisotopic (exact) mass is 335 g/mol. The number of urea groups is 1. The van der Waals surface area contributed by atoms with Gasteiger partial charge in [-0.15, -0.1) is 0 Å². The number of hydrogen-bond acceptors (Lipinski definition) is 3. The molecule has 2 aliphatic rings. The fraction of sp³-hybridized carbons (Fsp3) is 0.529. The molecule has 1 atom stereocenters. The first kappa shape index (κ1) is 16.7. The number of hydrogen-bond donors (Lipinski definition) is 1. The summed E-state index contributed by atoms with van der Waals surface area (Å²) in [4.78, 5) is 28.1. The van der Waals surface area contributed by atoms with Crippen molar-refractivity contribution in [1.29, 1.82) is 0 Å². The average Bonchev–Trinajstić information content (AvgIpc) is 2.87. The summed E-state index contributed by atoms with van der Waals surface area (Å²) in [5, 5.41) is 2.80. The number of nitrogens with one attached hydrogen (secondary N) is 1. The van der Waals surface area contributed by atoms with Gasteiger partial charge in [0.2, 0.25) is 5.91 Å². The molecule has 24 heavy (non-hydrogen) atoms. The van der Waals surface area contributed by atoms with Crippen molar-refractivity contribution in [3.05, 3.63) is 30.1 Å². The van der Waals surface area contributed by atoms with E-state index >= 15 is 0 Å². The van der Waals surface area contributed by atoms with Crippen LogP contribution in [-0.2, 0) is 9.53 Å². The van der Waals surface area contributed by atoms with Gasteiger partial charge in [0.25, 0.3) is 0 Å². The topological polar surface area (TPSA) is 61.9 Å². The number of nitrogens with zero attached hydrogens (tertiary/aromatic N) is 2. The standard InChI is InChI=1S/C17H22FN3O3/c18-13-5-1-2-7-15(13)21-9-3-6-14(16(21)22)19-17(23)20-8-4-11-24-12-10-20/h1-2,5,7,14H,3-4,6,8-12H2,(H,19,23). The zero-order valence-electron chi connectivity index (χ0n) is 13.5. The van der Waals surface area contributed by atoms with E-state index in [0.717, 1.165) is 6.42 Å². The quantitative estimate of drug-likeness (QED) is 0.896. The Morgan fingerprint density at radius 2 is 2.00 bits per heavy atom. The van der Waals surface area contributed by atoms with Crippen LogP contribution in [0.2, 0.25) is 0 Å². The van der Waals surface area contributed by atoms with Crippen LogP contribution in [0.3, 0.4) is 0 Å². The molecule has 7 heteroatoms. The number of carbonyl (C=O) groups excluding carboxylic acids is 2. The van der Waals surface area contributed by atoms with Crippen molar-refractivity contribution in [2.24, 2.45) is 0 Å². The van der Waals surface area contributed by atoms with Crippen molar-refractivity contribution in [2.75, 3.05) is 37.7 Å². The molecule has 1 aromatic rings. The third kappa shape index (κ3) is 3.67. The molecule has 2 heterocycles. The maximum atomic E-state index is 14.0. The smallest absolute Gasteiger partial charge is 0.318 e. The Hall–Kier alpha value is -2.15. The molecule has 6 nitrogen and oxygen atoms in total. The summed E-state index contributed by atoms with van der Waals surface area (Å²) in [7, 11) is 0. The van der Waals surface area contributed by atoms with Crippen molar-refractivity contribution in [1.82, 2.24) is 10.2 Å². The number of piperidine rings is 1. The van der Waals surface area contributed by atoms with E-state index in [2.05, 4.69) is 5.32 Å². The minimum atomic E-state index is -0.616. The highest BCUT2D eigenvalue weighted by Gasteiger charge is 2.33. The zero-order chi connectivity index (χ0) is 16.9. The molecule has 2 fully saturated rings. The van der Waals surface area contributed by atoms with Crippen molar-refractivity contribution in [2.45, 2.75) is 25.3 Å². The minimum Gasteiger partial charge on any atom is -0.380 e. The van der Waals surface area contributed by atoms with E-state index in [0.29, 0.717) is 45.7 Å². The molecule has 2 aliphatic heterocycles. The molecule has 3 amide bonds. The summed E-state index contributed by atoms with van der Waals surface area (Å²) in [6.45, 7) is 2.75. The van der Waals surface area contributed by atoms with Gasteiger partial charge in [0.1, 0.15) is 11.9 Å². The summed E-state index contributed by atoms with van der Waals surface area (Å²) >= 11 is 0. The van der Waals surface area contributed by atoms with Gasteiger partial charge in [-0.2, -0.15) is 0 Å². The molecule has 3 rings (SSSR count). The van der Waals surface area contributed by atoms with Gasteiger partial charge in [0.15, 0.2) is 0 Å². The van der Waals surface area contributed by atoms with Crippen molar-refractivity contribution < 1.29 is 18.7 Å². The first-order valence-corrected chi connectivity index (χ1v) is 8.36. The molecular formula is C17H22FN3O3. The molecule has 0 aliphatic carbocycles. The fourth-order valence-electron chi connectivity index (χ4n) is 3.11.